The van der Waals surface area contributed by atoms with Gasteiger partial charge in [0.2, 0.25) is 11.8 Å². The summed E-state index contributed by atoms with van der Waals surface area (Å²) in [5.74, 6) is -0.361. The maximum atomic E-state index is 12.2. The second-order valence-corrected chi connectivity index (χ2v) is 5.68. The summed E-state index contributed by atoms with van der Waals surface area (Å²) in [6.07, 6.45) is 2.17. The predicted octanol–water partition coefficient (Wildman–Crippen LogP) is 2.53. The Bertz CT molecular complexity index is 616. The number of benzene rings is 1. The number of hydrogen-bond acceptors (Lipinski definition) is 3. The number of carbonyl (C=O) groups is 2. The van der Waals surface area contributed by atoms with Crippen molar-refractivity contribution in [2.75, 3.05) is 19.0 Å². The van der Waals surface area contributed by atoms with E-state index in [0.29, 0.717) is 29.4 Å². The number of halogens is 1. The molecule has 2 atom stereocenters. The van der Waals surface area contributed by atoms with Gasteiger partial charge in [-0.3, -0.25) is 9.59 Å². The summed E-state index contributed by atoms with van der Waals surface area (Å²) in [6, 6.07) is 3.42. The number of aryl methyl sites for hydroxylation is 1. The van der Waals surface area contributed by atoms with Gasteiger partial charge in [-0.1, -0.05) is 17.7 Å². The van der Waals surface area contributed by atoms with Crippen molar-refractivity contribution in [2.24, 2.45) is 11.8 Å². The highest BCUT2D eigenvalue weighted by Gasteiger charge is 2.47. The molecule has 2 unspecified atom stereocenters. The molecule has 2 rings (SSSR count). The number of anilines is 1. The molecule has 0 heterocycles. The molecule has 0 saturated heterocycles. The van der Waals surface area contributed by atoms with Crippen LogP contribution in [0.4, 0.5) is 5.69 Å². The fraction of sp³-hybridized carbons (Fsp3) is 0.375. The monoisotopic (exact) mass is 322 g/mol. The van der Waals surface area contributed by atoms with Crippen LogP contribution in [0, 0.1) is 18.8 Å². The first kappa shape index (κ1) is 16.4. The van der Waals surface area contributed by atoms with E-state index in [-0.39, 0.29) is 23.7 Å². The van der Waals surface area contributed by atoms with Gasteiger partial charge < -0.3 is 15.4 Å². The molecule has 0 radical (unpaired) electrons. The Labute approximate surface area is 134 Å². The molecule has 1 saturated carbocycles. The summed E-state index contributed by atoms with van der Waals surface area (Å²) in [6.45, 7) is 5.80. The van der Waals surface area contributed by atoms with Crippen molar-refractivity contribution in [1.29, 1.82) is 0 Å². The van der Waals surface area contributed by atoms with Crippen LogP contribution in [-0.2, 0) is 9.59 Å². The number of amides is 2. The van der Waals surface area contributed by atoms with Crippen LogP contribution in [0.5, 0.6) is 5.75 Å². The number of rotatable bonds is 6. The van der Waals surface area contributed by atoms with Crippen molar-refractivity contribution in [1.82, 2.24) is 5.32 Å². The minimum atomic E-state index is -0.300. The molecule has 1 aliphatic carbocycles. The Morgan fingerprint density at radius 2 is 2.09 bits per heavy atom. The Morgan fingerprint density at radius 3 is 2.73 bits per heavy atom. The van der Waals surface area contributed by atoms with E-state index in [1.165, 1.54) is 7.11 Å². The molecule has 1 aromatic rings. The number of ether oxygens (including phenoxy) is 1. The van der Waals surface area contributed by atoms with Gasteiger partial charge in [0.15, 0.2) is 0 Å². The first-order valence-electron chi connectivity index (χ1n) is 7.01. The molecular formula is C16H19ClN2O3. The molecule has 0 spiro atoms. The SMILES string of the molecule is C=CCNC(=O)C1CC1C(=O)Nc1cc(C)c(Cl)cc1OC. The summed E-state index contributed by atoms with van der Waals surface area (Å²) in [5, 5.41) is 6.08. The second-order valence-electron chi connectivity index (χ2n) is 5.27. The smallest absolute Gasteiger partial charge is 0.228 e. The lowest BCUT2D eigenvalue weighted by Crippen LogP contribution is -2.27. The fourth-order valence-electron chi connectivity index (χ4n) is 2.23. The summed E-state index contributed by atoms with van der Waals surface area (Å²) >= 11 is 6.04. The van der Waals surface area contributed by atoms with Gasteiger partial charge in [0.05, 0.1) is 24.6 Å². The summed E-state index contributed by atoms with van der Waals surface area (Å²) < 4.78 is 5.22. The van der Waals surface area contributed by atoms with Crippen LogP contribution in [0.2, 0.25) is 5.02 Å². The molecule has 2 N–H and O–H groups in total. The maximum absolute atomic E-state index is 12.2. The predicted molar refractivity (Wildman–Crippen MR) is 86.2 cm³/mol. The molecule has 5 nitrogen and oxygen atoms in total. The minimum Gasteiger partial charge on any atom is -0.495 e. The standard InChI is InChI=1S/C16H19ClN2O3/c1-4-5-18-15(20)10-7-11(10)16(21)19-13-6-9(2)12(17)8-14(13)22-3/h4,6,8,10-11H,1,5,7H2,2-3H3,(H,18,20)(H,19,21). The topological polar surface area (TPSA) is 67.4 Å². The van der Waals surface area contributed by atoms with Crippen LogP contribution in [0.3, 0.4) is 0 Å². The van der Waals surface area contributed by atoms with E-state index in [1.54, 1.807) is 18.2 Å². The van der Waals surface area contributed by atoms with Gasteiger partial charge in [0.1, 0.15) is 5.75 Å². The Hall–Kier alpha value is -2.01. The summed E-state index contributed by atoms with van der Waals surface area (Å²) in [4.78, 5) is 24.0. The lowest BCUT2D eigenvalue weighted by atomic mass is 10.2. The number of carbonyl (C=O) groups excluding carboxylic acids is 2. The third-order valence-electron chi connectivity index (χ3n) is 3.62. The third-order valence-corrected chi connectivity index (χ3v) is 4.03. The van der Waals surface area contributed by atoms with E-state index in [0.717, 1.165) is 5.56 Å². The molecule has 6 heteroatoms. The Morgan fingerprint density at radius 1 is 1.41 bits per heavy atom. The van der Waals surface area contributed by atoms with E-state index in [2.05, 4.69) is 17.2 Å². The molecule has 0 aromatic heterocycles. The molecule has 118 valence electrons. The van der Waals surface area contributed by atoms with Crippen LogP contribution < -0.4 is 15.4 Å². The summed E-state index contributed by atoms with van der Waals surface area (Å²) in [7, 11) is 1.51. The fourth-order valence-corrected chi connectivity index (χ4v) is 2.39. The molecule has 22 heavy (non-hydrogen) atoms. The Balaban J connectivity index is 2.00. The van der Waals surface area contributed by atoms with Crippen LogP contribution in [0.25, 0.3) is 0 Å². The zero-order valence-electron chi connectivity index (χ0n) is 12.6. The van der Waals surface area contributed by atoms with Crippen LogP contribution in [-0.4, -0.2) is 25.5 Å². The van der Waals surface area contributed by atoms with Gasteiger partial charge in [-0.25, -0.2) is 0 Å². The van der Waals surface area contributed by atoms with Crippen LogP contribution in [0.1, 0.15) is 12.0 Å². The van der Waals surface area contributed by atoms with E-state index < -0.39 is 0 Å². The lowest BCUT2D eigenvalue weighted by molar-refractivity contribution is -0.125. The van der Waals surface area contributed by atoms with Crippen molar-refractivity contribution >= 4 is 29.1 Å². The van der Waals surface area contributed by atoms with Gasteiger partial charge >= 0.3 is 0 Å². The van der Waals surface area contributed by atoms with Crippen molar-refractivity contribution in [3.05, 3.63) is 35.4 Å². The van der Waals surface area contributed by atoms with E-state index in [9.17, 15) is 9.59 Å². The first-order valence-corrected chi connectivity index (χ1v) is 7.39. The highest BCUT2D eigenvalue weighted by Crippen LogP contribution is 2.40. The highest BCUT2D eigenvalue weighted by molar-refractivity contribution is 6.31. The third kappa shape index (κ3) is 3.60. The minimum absolute atomic E-state index is 0.112. The molecule has 2 amide bonds. The maximum Gasteiger partial charge on any atom is 0.228 e. The number of nitrogens with one attached hydrogen (secondary N) is 2. The van der Waals surface area contributed by atoms with E-state index >= 15 is 0 Å². The van der Waals surface area contributed by atoms with Gasteiger partial charge in [0.25, 0.3) is 0 Å². The Kier molecular flexibility index (Phi) is 5.08. The molecule has 1 aliphatic rings. The normalized spacial score (nSPS) is 19.2. The lowest BCUT2D eigenvalue weighted by Gasteiger charge is -2.12. The largest absolute Gasteiger partial charge is 0.495 e. The molecular weight excluding hydrogens is 304 g/mol. The van der Waals surface area contributed by atoms with Gasteiger partial charge in [0, 0.05) is 17.6 Å². The van der Waals surface area contributed by atoms with Crippen molar-refractivity contribution in [3.63, 3.8) is 0 Å². The quantitative estimate of drug-likeness (QED) is 0.791. The molecule has 0 bridgehead atoms. The number of methoxy groups -OCH3 is 1. The zero-order valence-corrected chi connectivity index (χ0v) is 13.4. The zero-order chi connectivity index (χ0) is 16.3. The van der Waals surface area contributed by atoms with Crippen molar-refractivity contribution in [2.45, 2.75) is 13.3 Å². The van der Waals surface area contributed by atoms with Crippen LogP contribution >= 0.6 is 11.6 Å². The van der Waals surface area contributed by atoms with Crippen molar-refractivity contribution in [3.8, 4) is 5.75 Å². The highest BCUT2D eigenvalue weighted by atomic mass is 35.5. The summed E-state index contributed by atoms with van der Waals surface area (Å²) in [5.41, 5.74) is 1.40. The van der Waals surface area contributed by atoms with E-state index in [1.807, 2.05) is 6.92 Å². The molecule has 0 aliphatic heterocycles. The average molecular weight is 323 g/mol. The molecule has 1 fully saturated rings. The van der Waals surface area contributed by atoms with Crippen LogP contribution in [0.15, 0.2) is 24.8 Å². The molecule has 1 aromatic carbocycles. The van der Waals surface area contributed by atoms with Crippen molar-refractivity contribution < 1.29 is 14.3 Å². The van der Waals surface area contributed by atoms with Gasteiger partial charge in [-0.15, -0.1) is 6.58 Å². The first-order chi connectivity index (χ1) is 10.5. The average Bonchev–Trinajstić information content (AvgIpc) is 3.28. The number of hydrogen-bond donors (Lipinski definition) is 2. The van der Waals surface area contributed by atoms with Gasteiger partial charge in [-0.2, -0.15) is 0 Å². The second kappa shape index (κ2) is 6.83. The van der Waals surface area contributed by atoms with Gasteiger partial charge in [-0.05, 0) is 25.0 Å². The van der Waals surface area contributed by atoms with E-state index in [4.69, 9.17) is 16.3 Å².